The van der Waals surface area contributed by atoms with Crippen molar-refractivity contribution in [1.29, 1.82) is 0 Å². The zero-order chi connectivity index (χ0) is 11.9. The fourth-order valence-electron chi connectivity index (χ4n) is 2.06. The molecule has 1 aliphatic rings. The van der Waals surface area contributed by atoms with Crippen molar-refractivity contribution in [1.82, 2.24) is 4.90 Å². The van der Waals surface area contributed by atoms with Crippen LogP contribution in [0.25, 0.3) is 0 Å². The lowest BCUT2D eigenvalue weighted by atomic mass is 10.2. The van der Waals surface area contributed by atoms with Crippen LogP contribution in [-0.2, 0) is 5.75 Å². The zero-order valence-electron chi connectivity index (χ0n) is 10.1. The van der Waals surface area contributed by atoms with Crippen molar-refractivity contribution in [2.45, 2.75) is 31.4 Å². The first kappa shape index (κ1) is 12.9. The highest BCUT2D eigenvalue weighted by molar-refractivity contribution is 8.22. The summed E-state index contributed by atoms with van der Waals surface area (Å²) in [5.74, 6) is 0.996. The first-order chi connectivity index (χ1) is 8.36. The van der Waals surface area contributed by atoms with Crippen LogP contribution in [0.15, 0.2) is 30.3 Å². The van der Waals surface area contributed by atoms with Crippen LogP contribution in [0.5, 0.6) is 0 Å². The number of hydrogen-bond donors (Lipinski definition) is 0. The smallest absolute Gasteiger partial charge is 0.136 e. The quantitative estimate of drug-likeness (QED) is 0.742. The Morgan fingerprint density at radius 3 is 2.35 bits per heavy atom. The molecule has 92 valence electrons. The van der Waals surface area contributed by atoms with Crippen molar-refractivity contribution in [3.8, 4) is 0 Å². The molecule has 0 saturated carbocycles. The monoisotopic (exact) mass is 265 g/mol. The van der Waals surface area contributed by atoms with Crippen LogP contribution in [0.2, 0.25) is 0 Å². The molecular weight excluding hydrogens is 246 g/mol. The van der Waals surface area contributed by atoms with Gasteiger partial charge in [-0.3, -0.25) is 0 Å². The average molecular weight is 265 g/mol. The van der Waals surface area contributed by atoms with Crippen molar-refractivity contribution < 1.29 is 0 Å². The van der Waals surface area contributed by atoms with Gasteiger partial charge < -0.3 is 4.90 Å². The van der Waals surface area contributed by atoms with Crippen LogP contribution in [-0.4, -0.2) is 22.3 Å². The Hall–Kier alpha value is -0.540. The molecule has 0 radical (unpaired) electrons. The second kappa shape index (κ2) is 7.02. The molecule has 1 aromatic rings. The SMILES string of the molecule is S=C(SCc1ccccc1)N1CCCCCC1. The van der Waals surface area contributed by atoms with E-state index in [9.17, 15) is 0 Å². The minimum Gasteiger partial charge on any atom is -0.358 e. The fraction of sp³-hybridized carbons (Fsp3) is 0.500. The Morgan fingerprint density at radius 2 is 1.71 bits per heavy atom. The molecule has 1 aliphatic heterocycles. The van der Waals surface area contributed by atoms with E-state index in [0.717, 1.165) is 23.2 Å². The van der Waals surface area contributed by atoms with Crippen molar-refractivity contribution in [2.24, 2.45) is 0 Å². The number of rotatable bonds is 2. The molecule has 0 unspecified atom stereocenters. The van der Waals surface area contributed by atoms with Crippen molar-refractivity contribution in [3.05, 3.63) is 35.9 Å². The predicted octanol–water partition coefficient (Wildman–Crippen LogP) is 4.08. The van der Waals surface area contributed by atoms with Crippen LogP contribution < -0.4 is 0 Å². The van der Waals surface area contributed by atoms with Gasteiger partial charge in [-0.2, -0.15) is 0 Å². The van der Waals surface area contributed by atoms with Crippen LogP contribution in [0.3, 0.4) is 0 Å². The maximum absolute atomic E-state index is 5.52. The van der Waals surface area contributed by atoms with Gasteiger partial charge in [0.2, 0.25) is 0 Å². The Bertz CT molecular complexity index is 342. The first-order valence-corrected chi connectivity index (χ1v) is 7.71. The summed E-state index contributed by atoms with van der Waals surface area (Å²) in [7, 11) is 0. The zero-order valence-corrected chi connectivity index (χ0v) is 11.7. The number of nitrogens with zero attached hydrogens (tertiary/aromatic N) is 1. The maximum atomic E-state index is 5.52. The van der Waals surface area contributed by atoms with Crippen molar-refractivity contribution >= 4 is 28.3 Å². The lowest BCUT2D eigenvalue weighted by Crippen LogP contribution is -2.28. The molecule has 0 aliphatic carbocycles. The van der Waals surface area contributed by atoms with Gasteiger partial charge in [0, 0.05) is 18.8 Å². The molecule has 0 amide bonds. The maximum Gasteiger partial charge on any atom is 0.136 e. The Labute approximate surface area is 114 Å². The highest BCUT2D eigenvalue weighted by atomic mass is 32.2. The predicted molar refractivity (Wildman–Crippen MR) is 80.4 cm³/mol. The highest BCUT2D eigenvalue weighted by Crippen LogP contribution is 2.19. The summed E-state index contributed by atoms with van der Waals surface area (Å²) in [6, 6.07) is 10.6. The van der Waals surface area contributed by atoms with E-state index < -0.39 is 0 Å². The van der Waals surface area contributed by atoms with E-state index in [4.69, 9.17) is 12.2 Å². The van der Waals surface area contributed by atoms with E-state index >= 15 is 0 Å². The number of thioether (sulfide) groups is 1. The molecular formula is C14H19NS2. The summed E-state index contributed by atoms with van der Waals surface area (Å²) in [4.78, 5) is 2.38. The third kappa shape index (κ3) is 4.32. The van der Waals surface area contributed by atoms with Gasteiger partial charge in [0.1, 0.15) is 4.32 Å². The lowest BCUT2D eigenvalue weighted by Gasteiger charge is -2.22. The van der Waals surface area contributed by atoms with Gasteiger partial charge in [-0.1, -0.05) is 67.2 Å². The summed E-state index contributed by atoms with van der Waals surface area (Å²) < 4.78 is 1.08. The van der Waals surface area contributed by atoms with Gasteiger partial charge in [-0.15, -0.1) is 0 Å². The molecule has 3 heteroatoms. The molecule has 2 rings (SSSR count). The summed E-state index contributed by atoms with van der Waals surface area (Å²) >= 11 is 7.32. The molecule has 0 N–H and O–H groups in total. The Balaban J connectivity index is 1.80. The molecule has 17 heavy (non-hydrogen) atoms. The second-order valence-electron chi connectivity index (χ2n) is 4.44. The van der Waals surface area contributed by atoms with Crippen molar-refractivity contribution in [3.63, 3.8) is 0 Å². The van der Waals surface area contributed by atoms with E-state index in [2.05, 4.69) is 35.2 Å². The van der Waals surface area contributed by atoms with Gasteiger partial charge in [-0.05, 0) is 18.4 Å². The molecule has 1 fully saturated rings. The van der Waals surface area contributed by atoms with Crippen LogP contribution >= 0.6 is 24.0 Å². The van der Waals surface area contributed by atoms with Gasteiger partial charge in [0.25, 0.3) is 0 Å². The number of benzene rings is 1. The lowest BCUT2D eigenvalue weighted by molar-refractivity contribution is 0.450. The molecule has 0 spiro atoms. The molecule has 1 heterocycles. The van der Waals surface area contributed by atoms with E-state index in [1.54, 1.807) is 11.8 Å². The Morgan fingerprint density at radius 1 is 1.06 bits per heavy atom. The van der Waals surface area contributed by atoms with Gasteiger partial charge in [0.05, 0.1) is 0 Å². The topological polar surface area (TPSA) is 3.24 Å². The fourth-order valence-corrected chi connectivity index (χ4v) is 3.27. The average Bonchev–Trinajstić information content (AvgIpc) is 2.66. The number of likely N-dealkylation sites (tertiary alicyclic amines) is 1. The largest absolute Gasteiger partial charge is 0.358 e. The highest BCUT2D eigenvalue weighted by Gasteiger charge is 2.12. The summed E-state index contributed by atoms with van der Waals surface area (Å²) in [6.07, 6.45) is 5.32. The van der Waals surface area contributed by atoms with Gasteiger partial charge >= 0.3 is 0 Å². The second-order valence-corrected chi connectivity index (χ2v) is 6.05. The van der Waals surface area contributed by atoms with E-state index in [-0.39, 0.29) is 0 Å². The summed E-state index contributed by atoms with van der Waals surface area (Å²) in [5.41, 5.74) is 1.36. The third-order valence-corrected chi connectivity index (χ3v) is 4.66. The van der Waals surface area contributed by atoms with E-state index in [1.807, 2.05) is 0 Å². The molecule has 1 nitrogen and oxygen atoms in total. The molecule has 0 atom stereocenters. The minimum absolute atomic E-state index is 0.996. The normalized spacial score (nSPS) is 16.6. The minimum atomic E-state index is 0.996. The summed E-state index contributed by atoms with van der Waals surface area (Å²) in [6.45, 7) is 2.31. The van der Waals surface area contributed by atoms with Gasteiger partial charge in [0.15, 0.2) is 0 Å². The molecule has 0 aromatic heterocycles. The van der Waals surface area contributed by atoms with Gasteiger partial charge in [-0.25, -0.2) is 0 Å². The van der Waals surface area contributed by atoms with E-state index in [0.29, 0.717) is 0 Å². The third-order valence-electron chi connectivity index (χ3n) is 3.07. The molecule has 1 aromatic carbocycles. The Kier molecular flexibility index (Phi) is 5.33. The van der Waals surface area contributed by atoms with Crippen LogP contribution in [0.1, 0.15) is 31.2 Å². The number of hydrogen-bond acceptors (Lipinski definition) is 2. The van der Waals surface area contributed by atoms with E-state index in [1.165, 1.54) is 31.2 Å². The summed E-state index contributed by atoms with van der Waals surface area (Å²) in [5, 5.41) is 0. The van der Waals surface area contributed by atoms with Crippen LogP contribution in [0.4, 0.5) is 0 Å². The number of thiocarbonyl (C=S) groups is 1. The van der Waals surface area contributed by atoms with Crippen molar-refractivity contribution in [2.75, 3.05) is 13.1 Å². The first-order valence-electron chi connectivity index (χ1n) is 6.32. The molecule has 1 saturated heterocycles. The van der Waals surface area contributed by atoms with Crippen LogP contribution in [0, 0.1) is 0 Å². The molecule has 0 bridgehead atoms. The standard InChI is InChI=1S/C14H19NS2/c16-14(15-10-6-1-2-7-11-15)17-12-13-8-4-3-5-9-13/h3-5,8-9H,1-2,6-7,10-12H2.